The minimum atomic E-state index is 0.292. The number of rotatable bonds is 3. The van der Waals surface area contributed by atoms with Crippen molar-refractivity contribution in [3.63, 3.8) is 0 Å². The predicted octanol–water partition coefficient (Wildman–Crippen LogP) is 4.02. The van der Waals surface area contributed by atoms with Crippen LogP contribution in [0.2, 0.25) is 0 Å². The van der Waals surface area contributed by atoms with Crippen molar-refractivity contribution in [2.45, 2.75) is 39.0 Å². The van der Waals surface area contributed by atoms with Crippen molar-refractivity contribution in [2.75, 3.05) is 0 Å². The second-order valence-corrected chi connectivity index (χ2v) is 4.89. The van der Waals surface area contributed by atoms with E-state index < -0.39 is 0 Å². The highest BCUT2D eigenvalue weighted by atomic mass is 14.8. The topological polar surface area (TPSA) is 4.41 Å². The van der Waals surface area contributed by atoms with E-state index in [1.807, 2.05) is 0 Å². The molecule has 0 amide bonds. The molecule has 0 aliphatic rings. The SMILES string of the molecule is CCCC(C)(C)c1ccn2cccc2c1. The average Bonchev–Trinajstić information content (AvgIpc) is 2.63. The number of nitrogens with zero attached hydrogens (tertiary/aromatic N) is 1. The van der Waals surface area contributed by atoms with E-state index in [2.05, 4.69) is 61.8 Å². The molecule has 15 heavy (non-hydrogen) atoms. The summed E-state index contributed by atoms with van der Waals surface area (Å²) in [5, 5.41) is 0. The monoisotopic (exact) mass is 201 g/mol. The fourth-order valence-corrected chi connectivity index (χ4v) is 2.22. The third-order valence-electron chi connectivity index (χ3n) is 3.19. The lowest BCUT2D eigenvalue weighted by Crippen LogP contribution is -2.16. The first-order valence-corrected chi connectivity index (χ1v) is 5.71. The molecule has 0 fully saturated rings. The molecular weight excluding hydrogens is 182 g/mol. The van der Waals surface area contributed by atoms with Crippen LogP contribution in [0.4, 0.5) is 0 Å². The van der Waals surface area contributed by atoms with Gasteiger partial charge < -0.3 is 4.40 Å². The van der Waals surface area contributed by atoms with Gasteiger partial charge in [0.15, 0.2) is 0 Å². The molecular formula is C14H19N. The quantitative estimate of drug-likeness (QED) is 0.706. The molecule has 2 aromatic rings. The highest BCUT2D eigenvalue weighted by molar-refractivity contribution is 5.50. The Labute approximate surface area is 91.7 Å². The van der Waals surface area contributed by atoms with Crippen molar-refractivity contribution in [2.24, 2.45) is 0 Å². The largest absolute Gasteiger partial charge is 0.324 e. The van der Waals surface area contributed by atoms with Crippen LogP contribution in [0.3, 0.4) is 0 Å². The molecule has 1 heteroatoms. The third-order valence-corrected chi connectivity index (χ3v) is 3.19. The van der Waals surface area contributed by atoms with Gasteiger partial charge in [-0.05, 0) is 41.7 Å². The summed E-state index contributed by atoms with van der Waals surface area (Å²) >= 11 is 0. The fraction of sp³-hybridized carbons (Fsp3) is 0.429. The van der Waals surface area contributed by atoms with Crippen LogP contribution in [0.15, 0.2) is 36.7 Å². The molecule has 0 atom stereocenters. The molecule has 80 valence electrons. The second kappa shape index (κ2) is 3.73. The van der Waals surface area contributed by atoms with Gasteiger partial charge in [0.1, 0.15) is 0 Å². The van der Waals surface area contributed by atoms with E-state index in [4.69, 9.17) is 0 Å². The Kier molecular flexibility index (Phi) is 2.56. The number of pyridine rings is 1. The van der Waals surface area contributed by atoms with Crippen LogP contribution in [0.5, 0.6) is 0 Å². The zero-order valence-corrected chi connectivity index (χ0v) is 9.83. The average molecular weight is 201 g/mol. The highest BCUT2D eigenvalue weighted by Gasteiger charge is 2.19. The van der Waals surface area contributed by atoms with E-state index in [1.54, 1.807) is 0 Å². The first-order valence-electron chi connectivity index (χ1n) is 5.71. The lowest BCUT2D eigenvalue weighted by atomic mass is 9.81. The molecule has 0 saturated carbocycles. The van der Waals surface area contributed by atoms with Crippen LogP contribution in [0, 0.1) is 0 Å². The van der Waals surface area contributed by atoms with E-state index in [9.17, 15) is 0 Å². The van der Waals surface area contributed by atoms with Crippen LogP contribution in [-0.4, -0.2) is 4.40 Å². The summed E-state index contributed by atoms with van der Waals surface area (Å²) in [6.45, 7) is 6.90. The van der Waals surface area contributed by atoms with Crippen molar-refractivity contribution in [1.82, 2.24) is 4.40 Å². The van der Waals surface area contributed by atoms with E-state index in [0.717, 1.165) is 0 Å². The fourth-order valence-electron chi connectivity index (χ4n) is 2.22. The molecule has 2 heterocycles. The zero-order valence-electron chi connectivity index (χ0n) is 9.83. The van der Waals surface area contributed by atoms with E-state index >= 15 is 0 Å². The van der Waals surface area contributed by atoms with E-state index in [0.29, 0.717) is 5.41 Å². The van der Waals surface area contributed by atoms with E-state index in [-0.39, 0.29) is 0 Å². The smallest absolute Gasteiger partial charge is 0.0452 e. The third kappa shape index (κ3) is 1.92. The number of hydrogen-bond acceptors (Lipinski definition) is 0. The van der Waals surface area contributed by atoms with Gasteiger partial charge in [-0.1, -0.05) is 27.2 Å². The molecule has 0 N–H and O–H groups in total. The van der Waals surface area contributed by atoms with Crippen molar-refractivity contribution in [1.29, 1.82) is 0 Å². The van der Waals surface area contributed by atoms with Crippen molar-refractivity contribution in [3.05, 3.63) is 42.2 Å². The summed E-state index contributed by atoms with van der Waals surface area (Å²) in [5.41, 5.74) is 3.02. The lowest BCUT2D eigenvalue weighted by molar-refractivity contribution is 0.473. The first-order chi connectivity index (χ1) is 7.13. The maximum absolute atomic E-state index is 2.32. The van der Waals surface area contributed by atoms with Crippen molar-refractivity contribution in [3.8, 4) is 0 Å². The maximum Gasteiger partial charge on any atom is 0.0452 e. The van der Waals surface area contributed by atoms with Gasteiger partial charge in [-0.2, -0.15) is 0 Å². The summed E-state index contributed by atoms with van der Waals surface area (Å²) in [5.74, 6) is 0. The minimum absolute atomic E-state index is 0.292. The number of aromatic nitrogens is 1. The van der Waals surface area contributed by atoms with Gasteiger partial charge in [0.05, 0.1) is 0 Å². The molecule has 0 aliphatic heterocycles. The Morgan fingerprint density at radius 3 is 2.73 bits per heavy atom. The van der Waals surface area contributed by atoms with E-state index in [1.165, 1.54) is 23.9 Å². The summed E-state index contributed by atoms with van der Waals surface area (Å²) in [6.07, 6.45) is 6.72. The normalized spacial score (nSPS) is 12.2. The van der Waals surface area contributed by atoms with Crippen LogP contribution < -0.4 is 0 Å². The predicted molar refractivity (Wildman–Crippen MR) is 65.3 cm³/mol. The molecule has 2 rings (SSSR count). The molecule has 2 aromatic heterocycles. The number of hydrogen-bond donors (Lipinski definition) is 0. The Bertz CT molecular complexity index is 451. The molecule has 0 bridgehead atoms. The molecule has 0 aromatic carbocycles. The van der Waals surface area contributed by atoms with Gasteiger partial charge >= 0.3 is 0 Å². The van der Waals surface area contributed by atoms with Crippen molar-refractivity contribution < 1.29 is 0 Å². The van der Waals surface area contributed by atoms with Gasteiger partial charge in [-0.3, -0.25) is 0 Å². The molecule has 0 spiro atoms. The first kappa shape index (κ1) is 10.3. The maximum atomic E-state index is 2.32. The minimum Gasteiger partial charge on any atom is -0.324 e. The molecule has 0 radical (unpaired) electrons. The van der Waals surface area contributed by atoms with Gasteiger partial charge in [0.2, 0.25) is 0 Å². The summed E-state index contributed by atoms with van der Waals surface area (Å²) in [4.78, 5) is 0. The van der Waals surface area contributed by atoms with Crippen LogP contribution in [-0.2, 0) is 5.41 Å². The van der Waals surface area contributed by atoms with Gasteiger partial charge in [0.25, 0.3) is 0 Å². The second-order valence-electron chi connectivity index (χ2n) is 4.89. The Balaban J connectivity index is 2.42. The molecule has 0 saturated heterocycles. The standard InChI is InChI=1S/C14H19N/c1-4-8-14(2,3)12-7-10-15-9-5-6-13(15)11-12/h5-7,9-11H,4,8H2,1-3H3. The summed E-state index contributed by atoms with van der Waals surface area (Å²) in [7, 11) is 0. The van der Waals surface area contributed by atoms with Gasteiger partial charge in [-0.15, -0.1) is 0 Å². The zero-order chi connectivity index (χ0) is 10.9. The van der Waals surface area contributed by atoms with Gasteiger partial charge in [-0.25, -0.2) is 0 Å². The number of fused-ring (bicyclic) bond motifs is 1. The summed E-state index contributed by atoms with van der Waals surface area (Å²) < 4.78 is 2.16. The van der Waals surface area contributed by atoms with Crippen LogP contribution in [0.25, 0.3) is 5.52 Å². The van der Waals surface area contributed by atoms with Crippen LogP contribution >= 0.6 is 0 Å². The lowest BCUT2D eigenvalue weighted by Gasteiger charge is -2.24. The molecule has 1 nitrogen and oxygen atoms in total. The van der Waals surface area contributed by atoms with Gasteiger partial charge in [0, 0.05) is 17.9 Å². The molecule has 0 aliphatic carbocycles. The molecule has 0 unspecified atom stereocenters. The Morgan fingerprint density at radius 2 is 2.00 bits per heavy atom. The summed E-state index contributed by atoms with van der Waals surface area (Å²) in [6, 6.07) is 8.79. The highest BCUT2D eigenvalue weighted by Crippen LogP contribution is 2.28. The van der Waals surface area contributed by atoms with Crippen molar-refractivity contribution >= 4 is 5.52 Å². The Hall–Kier alpha value is -1.24. The van der Waals surface area contributed by atoms with Crippen LogP contribution in [0.1, 0.15) is 39.2 Å². The Morgan fingerprint density at radius 1 is 1.20 bits per heavy atom.